The molecule has 0 spiro atoms. The molecule has 4 N–H and O–H groups in total. The van der Waals surface area contributed by atoms with Crippen LogP contribution >= 0.6 is 7.82 Å². The number of aliphatic hydroxyl groups excluding tert-OH is 1. The van der Waals surface area contributed by atoms with Gasteiger partial charge < -0.3 is 25.2 Å². The molecule has 1 aliphatic rings. The van der Waals surface area contributed by atoms with Crippen molar-refractivity contribution < 1.29 is 37.9 Å². The highest BCUT2D eigenvalue weighted by atomic mass is 31.2. The van der Waals surface area contributed by atoms with E-state index in [-0.39, 0.29) is 18.8 Å². The summed E-state index contributed by atoms with van der Waals surface area (Å²) in [7, 11) is -4.41. The van der Waals surface area contributed by atoms with Crippen molar-refractivity contribution in [3.05, 3.63) is 22.7 Å². The number of aliphatic hydroxyl groups is 1. The average molecular weight is 646 g/mol. The quantitative estimate of drug-likeness (QED) is 0.0629. The number of carbonyl (C=O) groups is 1. The average Bonchev–Trinajstić information content (AvgIpc) is 3.28. The fourth-order valence-corrected chi connectivity index (χ4v) is 6.00. The number of anilines is 1. The number of esters is 1. The predicted octanol–water partition coefficient (Wildman–Crippen LogP) is 6.19. The van der Waals surface area contributed by atoms with Gasteiger partial charge in [0.15, 0.2) is 12.3 Å². The Morgan fingerprint density at radius 1 is 0.932 bits per heavy atom. The van der Waals surface area contributed by atoms with Gasteiger partial charge in [0.05, 0.1) is 13.2 Å². The fourth-order valence-electron chi connectivity index (χ4n) is 5.23. The van der Waals surface area contributed by atoms with Crippen LogP contribution in [0.5, 0.6) is 0 Å². The lowest BCUT2D eigenvalue weighted by Gasteiger charge is -2.21. The Kier molecular flexibility index (Phi) is 19.0. The summed E-state index contributed by atoms with van der Waals surface area (Å²) < 4.78 is 34.7. The molecule has 13 heteroatoms. The van der Waals surface area contributed by atoms with Crippen LogP contribution in [0.2, 0.25) is 0 Å². The van der Waals surface area contributed by atoms with Gasteiger partial charge in [0.25, 0.3) is 0 Å². The molecule has 0 radical (unpaired) electrons. The minimum atomic E-state index is -4.41. The molecule has 12 nitrogen and oxygen atoms in total. The number of nitrogens with two attached hydrogens (primary N) is 1. The second-order valence-corrected chi connectivity index (χ2v) is 13.2. The molecule has 0 bridgehead atoms. The van der Waals surface area contributed by atoms with Crippen molar-refractivity contribution in [2.45, 2.75) is 154 Å². The van der Waals surface area contributed by atoms with Crippen molar-refractivity contribution in [3.63, 3.8) is 0 Å². The second-order valence-electron chi connectivity index (χ2n) is 11.7. The first-order chi connectivity index (χ1) is 21.2. The van der Waals surface area contributed by atoms with Gasteiger partial charge in [-0.2, -0.15) is 4.98 Å². The lowest BCUT2D eigenvalue weighted by Crippen LogP contribution is -2.39. The van der Waals surface area contributed by atoms with Gasteiger partial charge in [-0.05, 0) is 18.9 Å². The molecule has 254 valence electrons. The lowest BCUT2D eigenvalue weighted by atomic mass is 10.0. The molecule has 1 aliphatic heterocycles. The van der Waals surface area contributed by atoms with Crippen LogP contribution in [0.1, 0.15) is 136 Å². The number of phosphoric ester groups is 1. The van der Waals surface area contributed by atoms with Gasteiger partial charge in [-0.25, -0.2) is 9.36 Å². The highest BCUT2D eigenvalue weighted by Crippen LogP contribution is 2.44. The van der Waals surface area contributed by atoms with Crippen molar-refractivity contribution in [3.8, 4) is 0 Å². The van der Waals surface area contributed by atoms with Gasteiger partial charge in [-0.15, -0.1) is 0 Å². The zero-order valence-electron chi connectivity index (χ0n) is 26.8. The van der Waals surface area contributed by atoms with Gasteiger partial charge >= 0.3 is 19.5 Å². The molecule has 0 aromatic carbocycles. The van der Waals surface area contributed by atoms with E-state index in [0.29, 0.717) is 12.8 Å². The zero-order chi connectivity index (χ0) is 32.2. The smallest absolute Gasteiger partial charge is 0.457 e. The number of hydrogen-bond donors (Lipinski definition) is 3. The Morgan fingerprint density at radius 3 is 2.02 bits per heavy atom. The number of hydrogen-bond acceptors (Lipinski definition) is 10. The number of nitrogens with zero attached hydrogens (tertiary/aromatic N) is 2. The van der Waals surface area contributed by atoms with Crippen LogP contribution in [0, 0.1) is 0 Å². The Bertz CT molecular complexity index is 1040. The molecule has 0 amide bonds. The molecule has 1 aromatic rings. The Labute approximate surface area is 262 Å². The first-order valence-electron chi connectivity index (χ1n) is 16.7. The lowest BCUT2D eigenvalue weighted by molar-refractivity contribution is -0.156. The van der Waals surface area contributed by atoms with E-state index in [1.165, 1.54) is 82.9 Å². The Morgan fingerprint density at radius 2 is 1.48 bits per heavy atom. The number of ether oxygens (including phenoxy) is 2. The largest absolute Gasteiger partial charge is 0.472 e. The molecule has 2 heterocycles. The highest BCUT2D eigenvalue weighted by molar-refractivity contribution is 7.47. The predicted molar refractivity (Wildman–Crippen MR) is 169 cm³/mol. The van der Waals surface area contributed by atoms with Crippen LogP contribution in [0.4, 0.5) is 5.82 Å². The Balaban J connectivity index is 1.75. The molecule has 1 aromatic heterocycles. The van der Waals surface area contributed by atoms with Gasteiger partial charge in [-0.1, -0.05) is 110 Å². The number of carbonyl (C=O) groups excluding carboxylic acids is 1. The monoisotopic (exact) mass is 645 g/mol. The first-order valence-corrected chi connectivity index (χ1v) is 18.2. The minimum Gasteiger partial charge on any atom is -0.457 e. The molecular weight excluding hydrogens is 589 g/mol. The van der Waals surface area contributed by atoms with E-state index >= 15 is 0 Å². The summed E-state index contributed by atoms with van der Waals surface area (Å²) in [5, 5.41) is 11.0. The van der Waals surface area contributed by atoms with Crippen LogP contribution in [-0.2, 0) is 27.9 Å². The van der Waals surface area contributed by atoms with Crippen molar-refractivity contribution in [1.29, 1.82) is 0 Å². The van der Waals surface area contributed by atoms with E-state index in [2.05, 4.69) is 11.9 Å². The fraction of sp³-hybridized carbons (Fsp3) is 0.839. The number of aromatic nitrogens is 2. The zero-order valence-corrected chi connectivity index (χ0v) is 27.7. The van der Waals surface area contributed by atoms with Gasteiger partial charge in [0, 0.05) is 12.6 Å². The standard InChI is InChI=1S/C31H56N3O9P/c1-3-5-7-8-9-10-11-12-13-14-15-16-17-18-19-20-27(35)43-29-25(24-41-44(38,39)40-23-6-4-2)42-30(28(29)36)34-22-21-26(32)33-31(34)37/h21-22,25,28-30,36H,3-20,23-24H2,1-2H3,(H,38,39)(H2,32,33,37)/t25-,28+,29-,30-/m1/s1. The molecule has 5 atom stereocenters. The molecule has 1 unspecified atom stereocenters. The van der Waals surface area contributed by atoms with Crippen molar-refractivity contribution in [2.24, 2.45) is 0 Å². The van der Waals surface area contributed by atoms with E-state index < -0.39 is 50.6 Å². The highest BCUT2D eigenvalue weighted by Gasteiger charge is 2.48. The topological polar surface area (TPSA) is 172 Å². The maximum Gasteiger partial charge on any atom is 0.472 e. The van der Waals surface area contributed by atoms with E-state index in [1.807, 2.05) is 6.92 Å². The minimum absolute atomic E-state index is 0.00413. The van der Waals surface area contributed by atoms with Crippen molar-refractivity contribution >= 4 is 19.6 Å². The molecule has 0 aliphatic carbocycles. The number of unbranched alkanes of at least 4 members (excludes halogenated alkanes) is 15. The number of phosphoric acid groups is 1. The number of rotatable bonds is 25. The van der Waals surface area contributed by atoms with E-state index in [0.717, 1.165) is 30.3 Å². The van der Waals surface area contributed by atoms with E-state index in [1.54, 1.807) is 0 Å². The Hall–Kier alpha value is -1.82. The second kappa shape index (κ2) is 21.8. The molecular formula is C31H56N3O9P. The third-order valence-corrected chi connectivity index (χ3v) is 8.83. The molecule has 1 fully saturated rings. The molecule has 2 rings (SSSR count). The number of nitrogen functional groups attached to an aromatic ring is 1. The maximum atomic E-state index is 12.7. The third kappa shape index (κ3) is 15.0. The summed E-state index contributed by atoms with van der Waals surface area (Å²) in [6.07, 6.45) is 15.9. The van der Waals surface area contributed by atoms with Gasteiger partial charge in [0.2, 0.25) is 0 Å². The maximum absolute atomic E-state index is 12.7. The SMILES string of the molecule is CCCCCCCCCCCCCCCCCC(=O)O[C@H]1[C@H](O)[C@H](n2ccc(N)nc2=O)O[C@@H]1COP(=O)(O)OCCCC. The van der Waals surface area contributed by atoms with Gasteiger partial charge in [-0.3, -0.25) is 18.4 Å². The molecule has 44 heavy (non-hydrogen) atoms. The summed E-state index contributed by atoms with van der Waals surface area (Å²) in [4.78, 5) is 38.7. The van der Waals surface area contributed by atoms with E-state index in [4.69, 9.17) is 24.3 Å². The third-order valence-electron chi connectivity index (χ3n) is 7.84. The summed E-state index contributed by atoms with van der Waals surface area (Å²) in [6.45, 7) is 3.68. The molecule has 1 saturated heterocycles. The first kappa shape index (κ1) is 38.4. The van der Waals surface area contributed by atoms with Crippen LogP contribution < -0.4 is 11.4 Å². The van der Waals surface area contributed by atoms with Crippen LogP contribution in [0.25, 0.3) is 0 Å². The van der Waals surface area contributed by atoms with Crippen molar-refractivity contribution in [1.82, 2.24) is 9.55 Å². The normalized spacial score (nSPS) is 21.4. The van der Waals surface area contributed by atoms with E-state index in [9.17, 15) is 24.2 Å². The van der Waals surface area contributed by atoms with Crippen LogP contribution in [0.15, 0.2) is 17.1 Å². The molecule has 0 saturated carbocycles. The van der Waals surface area contributed by atoms with Crippen LogP contribution in [0.3, 0.4) is 0 Å². The summed E-state index contributed by atoms with van der Waals surface area (Å²) in [5.74, 6) is -0.539. The van der Waals surface area contributed by atoms with Crippen LogP contribution in [-0.4, -0.2) is 57.0 Å². The summed E-state index contributed by atoms with van der Waals surface area (Å²) in [5.41, 5.74) is 4.80. The summed E-state index contributed by atoms with van der Waals surface area (Å²) >= 11 is 0. The van der Waals surface area contributed by atoms with Gasteiger partial charge in [0.1, 0.15) is 18.0 Å². The van der Waals surface area contributed by atoms with Crippen molar-refractivity contribution in [2.75, 3.05) is 18.9 Å². The summed E-state index contributed by atoms with van der Waals surface area (Å²) in [6, 6.07) is 1.36.